The third-order valence-electron chi connectivity index (χ3n) is 5.52. The molecule has 1 atom stereocenters. The second-order valence-corrected chi connectivity index (χ2v) is 7.50. The SMILES string of the molecule is Oc1ccccc1-c1ccc(/C(=C2/C=CC(c3ccccc3O)N2)c2ccccc2)[nH]1. The average molecular weight is 406 g/mol. The normalized spacial score (nSPS) is 16.8. The highest BCUT2D eigenvalue weighted by atomic mass is 16.3. The van der Waals surface area contributed by atoms with Crippen molar-refractivity contribution in [1.82, 2.24) is 10.3 Å². The molecule has 1 unspecified atom stereocenters. The maximum absolute atomic E-state index is 10.3. The molecule has 0 aliphatic carbocycles. The number of aromatic hydroxyl groups is 2. The summed E-state index contributed by atoms with van der Waals surface area (Å²) in [6.07, 6.45) is 4.11. The number of H-pyrrole nitrogens is 1. The monoisotopic (exact) mass is 406 g/mol. The lowest BCUT2D eigenvalue weighted by molar-refractivity contribution is 0.463. The Bertz CT molecular complexity index is 1290. The van der Waals surface area contributed by atoms with Gasteiger partial charge in [0.05, 0.1) is 6.04 Å². The quantitative estimate of drug-likeness (QED) is 0.349. The second kappa shape index (κ2) is 7.92. The molecule has 31 heavy (non-hydrogen) atoms. The fourth-order valence-corrected chi connectivity index (χ4v) is 4.00. The smallest absolute Gasteiger partial charge is 0.124 e. The van der Waals surface area contributed by atoms with Crippen molar-refractivity contribution in [1.29, 1.82) is 0 Å². The Morgan fingerprint density at radius 1 is 0.710 bits per heavy atom. The summed E-state index contributed by atoms with van der Waals surface area (Å²) in [4.78, 5) is 3.47. The van der Waals surface area contributed by atoms with Crippen LogP contribution < -0.4 is 5.32 Å². The van der Waals surface area contributed by atoms with Crippen molar-refractivity contribution in [3.05, 3.63) is 126 Å². The van der Waals surface area contributed by atoms with E-state index in [4.69, 9.17) is 0 Å². The predicted molar refractivity (Wildman–Crippen MR) is 123 cm³/mol. The molecule has 0 amide bonds. The number of aromatic amines is 1. The summed E-state index contributed by atoms with van der Waals surface area (Å²) < 4.78 is 0. The summed E-state index contributed by atoms with van der Waals surface area (Å²) in [5.41, 5.74) is 6.44. The number of phenols is 2. The minimum absolute atomic E-state index is 0.109. The van der Waals surface area contributed by atoms with Crippen LogP contribution in [-0.2, 0) is 0 Å². The van der Waals surface area contributed by atoms with E-state index in [0.29, 0.717) is 0 Å². The van der Waals surface area contributed by atoms with E-state index in [1.807, 2.05) is 66.7 Å². The van der Waals surface area contributed by atoms with E-state index in [-0.39, 0.29) is 17.5 Å². The molecule has 1 aromatic heterocycles. The number of hydrogen-bond donors (Lipinski definition) is 4. The lowest BCUT2D eigenvalue weighted by Gasteiger charge is -2.16. The Balaban J connectivity index is 1.58. The Hall–Kier alpha value is -4.18. The number of benzene rings is 3. The fourth-order valence-electron chi connectivity index (χ4n) is 4.00. The molecule has 4 heteroatoms. The summed E-state index contributed by atoms with van der Waals surface area (Å²) in [7, 11) is 0. The standard InChI is InChI=1S/C27H22N2O2/c30-25-12-6-4-10-19(25)21-14-16-23(28-21)27(18-8-2-1-3-9-18)24-17-15-22(29-24)20-11-5-7-13-26(20)31/h1-17,21,28-31H/b27-23-. The van der Waals surface area contributed by atoms with Gasteiger partial charge in [0.25, 0.3) is 0 Å². The van der Waals surface area contributed by atoms with Gasteiger partial charge in [-0.3, -0.25) is 0 Å². The minimum Gasteiger partial charge on any atom is -0.508 e. The molecule has 1 aliphatic heterocycles. The summed E-state index contributed by atoms with van der Waals surface area (Å²) in [5.74, 6) is 0.511. The van der Waals surface area contributed by atoms with Crippen LogP contribution in [0.3, 0.4) is 0 Å². The molecule has 0 bridgehead atoms. The van der Waals surface area contributed by atoms with Gasteiger partial charge in [-0.1, -0.05) is 66.7 Å². The van der Waals surface area contributed by atoms with Crippen LogP contribution in [0.2, 0.25) is 0 Å². The highest BCUT2D eigenvalue weighted by molar-refractivity contribution is 5.84. The first-order valence-electron chi connectivity index (χ1n) is 10.2. The maximum atomic E-state index is 10.3. The van der Waals surface area contributed by atoms with E-state index < -0.39 is 0 Å². The zero-order valence-corrected chi connectivity index (χ0v) is 16.8. The van der Waals surface area contributed by atoms with Crippen molar-refractivity contribution in [2.45, 2.75) is 6.04 Å². The Morgan fingerprint density at radius 2 is 1.42 bits per heavy atom. The van der Waals surface area contributed by atoms with Crippen LogP contribution in [0.1, 0.15) is 22.9 Å². The van der Waals surface area contributed by atoms with Crippen LogP contribution in [0.15, 0.2) is 109 Å². The number of rotatable bonds is 4. The third kappa shape index (κ3) is 3.60. The zero-order valence-electron chi connectivity index (χ0n) is 16.8. The molecule has 0 saturated carbocycles. The van der Waals surface area contributed by atoms with Gasteiger partial charge in [-0.2, -0.15) is 0 Å². The van der Waals surface area contributed by atoms with Gasteiger partial charge in [0.15, 0.2) is 0 Å². The largest absolute Gasteiger partial charge is 0.508 e. The summed E-state index contributed by atoms with van der Waals surface area (Å²) in [6, 6.07) is 28.7. The number of allylic oxidation sites excluding steroid dienone is 1. The predicted octanol–water partition coefficient (Wildman–Crippen LogP) is 5.75. The van der Waals surface area contributed by atoms with Crippen LogP contribution in [0.4, 0.5) is 0 Å². The van der Waals surface area contributed by atoms with E-state index in [9.17, 15) is 10.2 Å². The highest BCUT2D eigenvalue weighted by Crippen LogP contribution is 2.36. The average Bonchev–Trinajstić information content (AvgIpc) is 3.46. The van der Waals surface area contributed by atoms with E-state index in [1.54, 1.807) is 12.1 Å². The van der Waals surface area contributed by atoms with E-state index in [0.717, 1.165) is 39.3 Å². The number of hydrogen-bond acceptors (Lipinski definition) is 3. The van der Waals surface area contributed by atoms with E-state index in [1.165, 1.54) is 0 Å². The van der Waals surface area contributed by atoms with Gasteiger partial charge in [0, 0.05) is 33.8 Å². The molecule has 5 rings (SSSR count). The molecular formula is C27H22N2O2. The summed E-state index contributed by atoms with van der Waals surface area (Å²) in [6.45, 7) is 0. The molecule has 0 saturated heterocycles. The number of phenolic OH excluding ortho intramolecular Hbond substituents is 2. The molecule has 1 aliphatic rings. The first-order chi connectivity index (χ1) is 15.2. The molecule has 2 heterocycles. The van der Waals surface area contributed by atoms with Gasteiger partial charge < -0.3 is 20.5 Å². The van der Waals surface area contributed by atoms with E-state index >= 15 is 0 Å². The van der Waals surface area contributed by atoms with Crippen LogP contribution in [0.25, 0.3) is 16.8 Å². The molecular weight excluding hydrogens is 384 g/mol. The molecule has 0 spiro atoms. The molecule has 152 valence electrons. The van der Waals surface area contributed by atoms with E-state index in [2.05, 4.69) is 34.6 Å². The third-order valence-corrected chi connectivity index (χ3v) is 5.52. The van der Waals surface area contributed by atoms with Crippen molar-refractivity contribution < 1.29 is 10.2 Å². The Morgan fingerprint density at radius 3 is 2.19 bits per heavy atom. The minimum atomic E-state index is -0.109. The molecule has 0 fully saturated rings. The molecule has 0 radical (unpaired) electrons. The summed E-state index contributed by atoms with van der Waals surface area (Å²) in [5, 5.41) is 24.1. The first kappa shape index (κ1) is 18.8. The van der Waals surface area contributed by atoms with Crippen LogP contribution in [0.5, 0.6) is 11.5 Å². The van der Waals surface area contributed by atoms with Crippen molar-refractivity contribution in [2.75, 3.05) is 0 Å². The number of nitrogens with one attached hydrogen (secondary N) is 2. The summed E-state index contributed by atoms with van der Waals surface area (Å²) >= 11 is 0. The van der Waals surface area contributed by atoms with Gasteiger partial charge >= 0.3 is 0 Å². The lowest BCUT2D eigenvalue weighted by Crippen LogP contribution is -2.14. The maximum Gasteiger partial charge on any atom is 0.124 e. The van der Waals surface area contributed by atoms with Gasteiger partial charge in [0.2, 0.25) is 0 Å². The van der Waals surface area contributed by atoms with Crippen molar-refractivity contribution in [2.24, 2.45) is 0 Å². The van der Waals surface area contributed by atoms with Gasteiger partial charge in [-0.15, -0.1) is 0 Å². The van der Waals surface area contributed by atoms with Gasteiger partial charge in [-0.05, 0) is 42.0 Å². The molecule has 3 aromatic carbocycles. The second-order valence-electron chi connectivity index (χ2n) is 7.50. The van der Waals surface area contributed by atoms with Crippen molar-refractivity contribution in [3.8, 4) is 22.8 Å². The lowest BCUT2D eigenvalue weighted by atomic mass is 10.0. The van der Waals surface area contributed by atoms with Crippen LogP contribution in [-0.4, -0.2) is 15.2 Å². The van der Waals surface area contributed by atoms with Crippen LogP contribution >= 0.6 is 0 Å². The molecule has 4 nitrogen and oxygen atoms in total. The van der Waals surface area contributed by atoms with Crippen molar-refractivity contribution >= 4 is 5.57 Å². The first-order valence-corrected chi connectivity index (χ1v) is 10.2. The highest BCUT2D eigenvalue weighted by Gasteiger charge is 2.22. The molecule has 4 N–H and O–H groups in total. The van der Waals surface area contributed by atoms with Crippen LogP contribution in [0, 0.1) is 0 Å². The van der Waals surface area contributed by atoms with Gasteiger partial charge in [0.1, 0.15) is 11.5 Å². The number of aromatic nitrogens is 1. The van der Waals surface area contributed by atoms with Crippen molar-refractivity contribution in [3.63, 3.8) is 0 Å². The topological polar surface area (TPSA) is 68.3 Å². The zero-order chi connectivity index (χ0) is 21.2. The Labute approximate surface area is 180 Å². The molecule has 4 aromatic rings. The number of para-hydroxylation sites is 2. The Kier molecular flexibility index (Phi) is 4.81. The fraction of sp³-hybridized carbons (Fsp3) is 0.0370. The van der Waals surface area contributed by atoms with Gasteiger partial charge in [-0.25, -0.2) is 0 Å².